The van der Waals surface area contributed by atoms with Gasteiger partial charge in [0.05, 0.1) is 17.2 Å². The number of benzene rings is 1. The molecule has 19 heavy (non-hydrogen) atoms. The lowest BCUT2D eigenvalue weighted by Gasteiger charge is -2.11. The van der Waals surface area contributed by atoms with Crippen molar-refractivity contribution in [2.75, 3.05) is 6.54 Å². The molecule has 1 aromatic carbocycles. The summed E-state index contributed by atoms with van der Waals surface area (Å²) in [5, 5.41) is 13.4. The molecule has 1 saturated carbocycles. The maximum atomic E-state index is 12.2. The van der Waals surface area contributed by atoms with Crippen molar-refractivity contribution in [3.05, 3.63) is 42.1 Å². The summed E-state index contributed by atoms with van der Waals surface area (Å²) in [6.45, 7) is 0.320. The molecule has 2 aromatic rings. The largest absolute Gasteiger partial charge is 0.391 e. The van der Waals surface area contributed by atoms with E-state index in [-0.39, 0.29) is 5.91 Å². The van der Waals surface area contributed by atoms with E-state index in [4.69, 9.17) is 0 Å². The molecule has 4 nitrogen and oxygen atoms in total. The highest BCUT2D eigenvalue weighted by Gasteiger charge is 2.29. The van der Waals surface area contributed by atoms with E-state index in [0.29, 0.717) is 18.0 Å². The minimum atomic E-state index is -0.419. The molecule has 1 unspecified atom stereocenters. The second-order valence-corrected chi connectivity index (χ2v) is 4.99. The van der Waals surface area contributed by atoms with Crippen molar-refractivity contribution in [1.82, 2.24) is 10.3 Å². The zero-order valence-corrected chi connectivity index (χ0v) is 10.5. The Labute approximate surface area is 111 Å². The van der Waals surface area contributed by atoms with Gasteiger partial charge in [-0.1, -0.05) is 18.2 Å². The number of fused-ring (bicyclic) bond motifs is 1. The standard InChI is InChI=1S/C15H16N2O2/c18-14(10-5-6-10)9-17-15(19)12-7-8-16-13-4-2-1-3-11(12)13/h1-4,7-8,10,14,18H,5-6,9H2,(H,17,19). The van der Waals surface area contributed by atoms with Crippen LogP contribution >= 0.6 is 0 Å². The Hall–Kier alpha value is -1.94. The van der Waals surface area contributed by atoms with Crippen molar-refractivity contribution in [2.24, 2.45) is 5.92 Å². The van der Waals surface area contributed by atoms with E-state index in [2.05, 4.69) is 10.3 Å². The normalized spacial score (nSPS) is 16.3. The lowest BCUT2D eigenvalue weighted by atomic mass is 10.1. The molecule has 2 N–H and O–H groups in total. The highest BCUT2D eigenvalue weighted by Crippen LogP contribution is 2.32. The molecule has 0 aliphatic heterocycles. The van der Waals surface area contributed by atoms with Crippen molar-refractivity contribution in [2.45, 2.75) is 18.9 Å². The summed E-state index contributed by atoms with van der Waals surface area (Å²) in [6, 6.07) is 9.26. The molecule has 1 aliphatic rings. The summed E-state index contributed by atoms with van der Waals surface area (Å²) < 4.78 is 0. The summed E-state index contributed by atoms with van der Waals surface area (Å²) in [5.41, 5.74) is 1.41. The van der Waals surface area contributed by atoms with Crippen molar-refractivity contribution in [3.8, 4) is 0 Å². The van der Waals surface area contributed by atoms with E-state index in [9.17, 15) is 9.90 Å². The molecule has 1 amide bonds. The van der Waals surface area contributed by atoms with Gasteiger partial charge in [0.15, 0.2) is 0 Å². The van der Waals surface area contributed by atoms with Gasteiger partial charge in [0.2, 0.25) is 0 Å². The van der Waals surface area contributed by atoms with Gasteiger partial charge in [0.25, 0.3) is 5.91 Å². The van der Waals surface area contributed by atoms with Crippen LogP contribution in [0.1, 0.15) is 23.2 Å². The zero-order chi connectivity index (χ0) is 13.2. The summed E-state index contributed by atoms with van der Waals surface area (Å²) >= 11 is 0. The number of nitrogens with one attached hydrogen (secondary N) is 1. The highest BCUT2D eigenvalue weighted by molar-refractivity contribution is 6.05. The quantitative estimate of drug-likeness (QED) is 0.875. The molecule has 1 heterocycles. The van der Waals surface area contributed by atoms with Crippen LogP contribution in [0.25, 0.3) is 10.9 Å². The molecular formula is C15H16N2O2. The number of nitrogens with zero attached hydrogens (tertiary/aromatic N) is 1. The first-order valence-corrected chi connectivity index (χ1v) is 6.56. The van der Waals surface area contributed by atoms with Crippen LogP contribution < -0.4 is 5.32 Å². The first-order valence-electron chi connectivity index (χ1n) is 6.56. The second kappa shape index (κ2) is 4.97. The van der Waals surface area contributed by atoms with Crippen molar-refractivity contribution >= 4 is 16.8 Å². The maximum Gasteiger partial charge on any atom is 0.252 e. The Morgan fingerprint density at radius 2 is 2.16 bits per heavy atom. The number of aliphatic hydroxyl groups excluding tert-OH is 1. The Balaban J connectivity index is 1.77. The molecule has 0 bridgehead atoms. The number of hydrogen-bond acceptors (Lipinski definition) is 3. The molecule has 0 radical (unpaired) electrons. The lowest BCUT2D eigenvalue weighted by Crippen LogP contribution is -2.33. The maximum absolute atomic E-state index is 12.2. The average Bonchev–Trinajstić information content (AvgIpc) is 3.28. The van der Waals surface area contributed by atoms with Gasteiger partial charge < -0.3 is 10.4 Å². The summed E-state index contributed by atoms with van der Waals surface area (Å²) in [4.78, 5) is 16.4. The zero-order valence-electron chi connectivity index (χ0n) is 10.5. The van der Waals surface area contributed by atoms with Crippen LogP contribution in [-0.2, 0) is 0 Å². The molecule has 1 aliphatic carbocycles. The summed E-state index contributed by atoms with van der Waals surface area (Å²) in [5.74, 6) is 0.216. The summed E-state index contributed by atoms with van der Waals surface area (Å²) in [6.07, 6.45) is 3.34. The van der Waals surface area contributed by atoms with E-state index in [1.165, 1.54) is 0 Å². The van der Waals surface area contributed by atoms with Crippen LogP contribution in [0.15, 0.2) is 36.5 Å². The SMILES string of the molecule is O=C(NCC(O)C1CC1)c1ccnc2ccccc12. The number of aromatic nitrogens is 1. The fraction of sp³-hybridized carbons (Fsp3) is 0.333. The van der Waals surface area contributed by atoms with Crippen LogP contribution in [0.3, 0.4) is 0 Å². The lowest BCUT2D eigenvalue weighted by molar-refractivity contribution is 0.0902. The molecule has 1 aromatic heterocycles. The van der Waals surface area contributed by atoms with Crippen LogP contribution in [0.4, 0.5) is 0 Å². The number of para-hydroxylation sites is 1. The molecule has 0 spiro atoms. The van der Waals surface area contributed by atoms with Gasteiger partial charge in [-0.15, -0.1) is 0 Å². The minimum absolute atomic E-state index is 0.154. The van der Waals surface area contributed by atoms with Crippen LogP contribution in [0.5, 0.6) is 0 Å². The van der Waals surface area contributed by atoms with Crippen molar-refractivity contribution in [3.63, 3.8) is 0 Å². The van der Waals surface area contributed by atoms with E-state index >= 15 is 0 Å². The average molecular weight is 256 g/mol. The molecule has 3 rings (SSSR count). The summed E-state index contributed by atoms with van der Waals surface area (Å²) in [7, 11) is 0. The number of hydrogen-bond donors (Lipinski definition) is 2. The molecule has 1 fully saturated rings. The highest BCUT2D eigenvalue weighted by atomic mass is 16.3. The van der Waals surface area contributed by atoms with Crippen molar-refractivity contribution < 1.29 is 9.90 Å². The first kappa shape index (κ1) is 12.1. The van der Waals surface area contributed by atoms with Crippen LogP contribution in [0.2, 0.25) is 0 Å². The third-order valence-corrected chi connectivity index (χ3v) is 3.53. The topological polar surface area (TPSA) is 62.2 Å². The van der Waals surface area contributed by atoms with Gasteiger partial charge >= 0.3 is 0 Å². The number of pyridine rings is 1. The van der Waals surface area contributed by atoms with Crippen LogP contribution in [0, 0.1) is 5.92 Å². The molecule has 0 saturated heterocycles. The molecule has 4 heteroatoms. The Morgan fingerprint density at radius 1 is 1.37 bits per heavy atom. The minimum Gasteiger partial charge on any atom is -0.391 e. The van der Waals surface area contributed by atoms with E-state index in [1.54, 1.807) is 12.3 Å². The van der Waals surface area contributed by atoms with Crippen molar-refractivity contribution in [1.29, 1.82) is 0 Å². The predicted octanol–water partition coefficient (Wildman–Crippen LogP) is 1.74. The van der Waals surface area contributed by atoms with Gasteiger partial charge in [-0.25, -0.2) is 0 Å². The second-order valence-electron chi connectivity index (χ2n) is 4.99. The number of aliphatic hydroxyl groups is 1. The third-order valence-electron chi connectivity index (χ3n) is 3.53. The van der Waals surface area contributed by atoms with Gasteiger partial charge in [0, 0.05) is 18.1 Å². The number of carbonyl (C=O) groups excluding carboxylic acids is 1. The Kier molecular flexibility index (Phi) is 3.17. The number of amides is 1. The molecular weight excluding hydrogens is 240 g/mol. The monoisotopic (exact) mass is 256 g/mol. The number of rotatable bonds is 4. The predicted molar refractivity (Wildman–Crippen MR) is 72.8 cm³/mol. The van der Waals surface area contributed by atoms with E-state index < -0.39 is 6.10 Å². The van der Waals surface area contributed by atoms with Gasteiger partial charge in [-0.3, -0.25) is 9.78 Å². The van der Waals surface area contributed by atoms with Crippen LogP contribution in [-0.4, -0.2) is 28.6 Å². The van der Waals surface area contributed by atoms with Gasteiger partial charge in [0.1, 0.15) is 0 Å². The third kappa shape index (κ3) is 2.58. The van der Waals surface area contributed by atoms with Gasteiger partial charge in [-0.05, 0) is 30.9 Å². The van der Waals surface area contributed by atoms with E-state index in [1.807, 2.05) is 24.3 Å². The fourth-order valence-corrected chi connectivity index (χ4v) is 2.23. The smallest absolute Gasteiger partial charge is 0.252 e. The molecule has 1 atom stereocenters. The number of carbonyl (C=O) groups is 1. The first-order chi connectivity index (χ1) is 9.25. The van der Waals surface area contributed by atoms with E-state index in [0.717, 1.165) is 23.7 Å². The Morgan fingerprint density at radius 3 is 2.95 bits per heavy atom. The Bertz CT molecular complexity index is 603. The molecule has 98 valence electrons. The van der Waals surface area contributed by atoms with Gasteiger partial charge in [-0.2, -0.15) is 0 Å². The fourth-order valence-electron chi connectivity index (χ4n) is 2.23.